The van der Waals surface area contributed by atoms with Crippen molar-refractivity contribution in [1.82, 2.24) is 15.0 Å². The van der Waals surface area contributed by atoms with Crippen molar-refractivity contribution in [3.63, 3.8) is 0 Å². The smallest absolute Gasteiger partial charge is 0.147 e. The summed E-state index contributed by atoms with van der Waals surface area (Å²) in [4.78, 5) is 1.61. The molecular weight excluding hydrogens is 369 g/mol. The molecule has 1 aromatic heterocycles. The fourth-order valence-corrected chi connectivity index (χ4v) is 3.13. The molecule has 0 aliphatic heterocycles. The molecule has 0 unspecified atom stereocenters. The molecule has 1 heterocycles. The van der Waals surface area contributed by atoms with Crippen molar-refractivity contribution in [3.05, 3.63) is 81.8 Å². The summed E-state index contributed by atoms with van der Waals surface area (Å²) >= 11 is 12.2. The molecular formula is C20H15Cl2N3O. The molecule has 4 rings (SSSR count). The molecule has 0 N–H and O–H groups in total. The molecule has 0 atom stereocenters. The first-order valence-electron chi connectivity index (χ1n) is 8.10. The molecule has 0 radical (unpaired) electrons. The molecule has 0 fully saturated rings. The minimum Gasteiger partial charge on any atom is -0.487 e. The first-order chi connectivity index (χ1) is 12.6. The quantitative estimate of drug-likeness (QED) is 0.459. The number of nitrogens with zero attached hydrogens (tertiary/aromatic N) is 3. The van der Waals surface area contributed by atoms with E-state index < -0.39 is 0 Å². The van der Waals surface area contributed by atoms with Crippen molar-refractivity contribution in [2.75, 3.05) is 0 Å². The van der Waals surface area contributed by atoms with Crippen LogP contribution in [0.2, 0.25) is 10.0 Å². The van der Waals surface area contributed by atoms with E-state index in [4.69, 9.17) is 27.9 Å². The van der Waals surface area contributed by atoms with Crippen molar-refractivity contribution in [3.8, 4) is 11.4 Å². The van der Waals surface area contributed by atoms with Crippen LogP contribution < -0.4 is 4.74 Å². The van der Waals surface area contributed by atoms with E-state index in [0.29, 0.717) is 22.4 Å². The third kappa shape index (κ3) is 3.39. The molecule has 0 spiro atoms. The van der Waals surface area contributed by atoms with Crippen LogP contribution in [-0.4, -0.2) is 15.0 Å². The molecule has 0 saturated heterocycles. The number of fused-ring (bicyclic) bond motifs is 1. The third-order valence-electron chi connectivity index (χ3n) is 4.01. The molecule has 0 aliphatic rings. The second kappa shape index (κ2) is 6.98. The Labute approximate surface area is 160 Å². The summed E-state index contributed by atoms with van der Waals surface area (Å²) in [5.41, 5.74) is 4.41. The molecule has 26 heavy (non-hydrogen) atoms. The van der Waals surface area contributed by atoms with Gasteiger partial charge in [-0.15, -0.1) is 15.0 Å². The van der Waals surface area contributed by atoms with Gasteiger partial charge in [-0.1, -0.05) is 47.5 Å². The first-order valence-corrected chi connectivity index (χ1v) is 8.85. The largest absolute Gasteiger partial charge is 0.487 e. The lowest BCUT2D eigenvalue weighted by atomic mass is 10.2. The number of hydrogen-bond donors (Lipinski definition) is 0. The van der Waals surface area contributed by atoms with Crippen molar-refractivity contribution in [2.45, 2.75) is 13.5 Å². The highest BCUT2D eigenvalue weighted by atomic mass is 35.5. The highest BCUT2D eigenvalue weighted by Crippen LogP contribution is 2.27. The van der Waals surface area contributed by atoms with Gasteiger partial charge in [0.2, 0.25) is 0 Å². The highest BCUT2D eigenvalue weighted by Gasteiger charge is 2.12. The second-order valence-corrected chi connectivity index (χ2v) is 6.82. The Morgan fingerprint density at radius 2 is 1.65 bits per heavy atom. The van der Waals surface area contributed by atoms with Crippen molar-refractivity contribution < 1.29 is 4.74 Å². The summed E-state index contributed by atoms with van der Waals surface area (Å²) < 4.78 is 6.02. The minimum atomic E-state index is 0.326. The Morgan fingerprint density at radius 3 is 2.35 bits per heavy atom. The van der Waals surface area contributed by atoms with Gasteiger partial charge in [0.25, 0.3) is 0 Å². The molecule has 0 saturated carbocycles. The van der Waals surface area contributed by atoms with E-state index in [-0.39, 0.29) is 0 Å². The van der Waals surface area contributed by atoms with Crippen LogP contribution in [0.5, 0.6) is 5.75 Å². The van der Waals surface area contributed by atoms with Crippen LogP contribution in [0, 0.1) is 6.92 Å². The van der Waals surface area contributed by atoms with Gasteiger partial charge in [0.05, 0.1) is 0 Å². The normalized spacial score (nSPS) is 11.0. The Bertz CT molecular complexity index is 1060. The molecule has 4 aromatic rings. The Kier molecular flexibility index (Phi) is 4.53. The fourth-order valence-electron chi connectivity index (χ4n) is 2.67. The van der Waals surface area contributed by atoms with E-state index in [1.807, 2.05) is 55.5 Å². The number of aryl methyl sites for hydroxylation is 1. The lowest BCUT2D eigenvalue weighted by Crippen LogP contribution is -2.04. The van der Waals surface area contributed by atoms with Gasteiger partial charge in [-0.05, 0) is 48.9 Å². The van der Waals surface area contributed by atoms with Crippen molar-refractivity contribution >= 4 is 34.2 Å². The van der Waals surface area contributed by atoms with Crippen LogP contribution in [-0.2, 0) is 6.61 Å². The summed E-state index contributed by atoms with van der Waals surface area (Å²) in [5, 5.41) is 10.3. The van der Waals surface area contributed by atoms with Crippen LogP contribution in [0.25, 0.3) is 16.7 Å². The maximum atomic E-state index is 6.24. The zero-order valence-electron chi connectivity index (χ0n) is 14.0. The Balaban J connectivity index is 1.68. The number of hydrogen-bond acceptors (Lipinski definition) is 3. The maximum Gasteiger partial charge on any atom is 0.147 e. The van der Waals surface area contributed by atoms with E-state index >= 15 is 0 Å². The molecule has 6 heteroatoms. The zero-order chi connectivity index (χ0) is 18.1. The predicted molar refractivity (Wildman–Crippen MR) is 104 cm³/mol. The molecule has 0 bridgehead atoms. The van der Waals surface area contributed by atoms with Gasteiger partial charge in [-0.2, -0.15) is 0 Å². The van der Waals surface area contributed by atoms with E-state index in [1.54, 1.807) is 16.9 Å². The monoisotopic (exact) mass is 383 g/mol. The molecule has 130 valence electrons. The summed E-state index contributed by atoms with van der Waals surface area (Å²) in [7, 11) is 0. The summed E-state index contributed by atoms with van der Waals surface area (Å²) in [5.74, 6) is 0.682. The minimum absolute atomic E-state index is 0.326. The number of rotatable bonds is 4. The van der Waals surface area contributed by atoms with E-state index in [2.05, 4.69) is 10.2 Å². The predicted octanol–water partition coefficient (Wildman–Crippen LogP) is 5.61. The standard InChI is InChI=1S/C20H15Cl2N3O/c1-13-6-9-20(26-12-14-7-8-15(21)11-16(14)22)19(10-13)25-23-17-4-2-3-5-18(17)24-25/h2-11H,12H2,1H3. The zero-order valence-corrected chi connectivity index (χ0v) is 15.5. The molecule has 0 amide bonds. The highest BCUT2D eigenvalue weighted by molar-refractivity contribution is 6.35. The number of aromatic nitrogens is 3. The maximum absolute atomic E-state index is 6.24. The average Bonchev–Trinajstić information content (AvgIpc) is 3.06. The van der Waals surface area contributed by atoms with Crippen LogP contribution in [0.4, 0.5) is 0 Å². The van der Waals surface area contributed by atoms with E-state index in [0.717, 1.165) is 27.8 Å². The summed E-state index contributed by atoms with van der Waals surface area (Å²) in [6.07, 6.45) is 0. The average molecular weight is 384 g/mol. The SMILES string of the molecule is Cc1ccc(OCc2ccc(Cl)cc2Cl)c(-n2nc3ccccc3n2)c1. The van der Waals surface area contributed by atoms with Gasteiger partial charge in [0.15, 0.2) is 0 Å². The number of ether oxygens (including phenoxy) is 1. The fraction of sp³-hybridized carbons (Fsp3) is 0.100. The van der Waals surface area contributed by atoms with Crippen LogP contribution >= 0.6 is 23.2 Å². The van der Waals surface area contributed by atoms with Crippen molar-refractivity contribution in [1.29, 1.82) is 0 Å². The Hall–Kier alpha value is -2.56. The summed E-state index contributed by atoms with van der Waals surface area (Å²) in [6.45, 7) is 2.35. The number of halogens is 2. The lowest BCUT2D eigenvalue weighted by molar-refractivity contribution is 0.304. The van der Waals surface area contributed by atoms with Gasteiger partial charge >= 0.3 is 0 Å². The van der Waals surface area contributed by atoms with Gasteiger partial charge in [-0.25, -0.2) is 0 Å². The van der Waals surface area contributed by atoms with Crippen LogP contribution in [0.15, 0.2) is 60.7 Å². The van der Waals surface area contributed by atoms with Gasteiger partial charge in [0.1, 0.15) is 29.1 Å². The first kappa shape index (κ1) is 16.9. The second-order valence-electron chi connectivity index (χ2n) is 5.97. The molecule has 3 aromatic carbocycles. The summed E-state index contributed by atoms with van der Waals surface area (Å²) in [6, 6.07) is 19.0. The third-order valence-corrected chi connectivity index (χ3v) is 4.60. The topological polar surface area (TPSA) is 39.9 Å². The van der Waals surface area contributed by atoms with Gasteiger partial charge < -0.3 is 4.74 Å². The van der Waals surface area contributed by atoms with Crippen molar-refractivity contribution in [2.24, 2.45) is 0 Å². The van der Waals surface area contributed by atoms with E-state index in [1.165, 1.54) is 0 Å². The molecule has 4 nitrogen and oxygen atoms in total. The van der Waals surface area contributed by atoms with Gasteiger partial charge in [-0.3, -0.25) is 0 Å². The Morgan fingerprint density at radius 1 is 0.923 bits per heavy atom. The van der Waals surface area contributed by atoms with Crippen LogP contribution in [0.1, 0.15) is 11.1 Å². The molecule has 0 aliphatic carbocycles. The lowest BCUT2D eigenvalue weighted by Gasteiger charge is -2.12. The number of benzene rings is 3. The van der Waals surface area contributed by atoms with Crippen LogP contribution in [0.3, 0.4) is 0 Å². The van der Waals surface area contributed by atoms with E-state index in [9.17, 15) is 0 Å². The van der Waals surface area contributed by atoms with Gasteiger partial charge in [0, 0.05) is 15.6 Å².